The number of aromatic nitrogens is 1. The number of carbonyl (C=O) groups excluding carboxylic acids is 1. The van der Waals surface area contributed by atoms with Crippen molar-refractivity contribution in [1.29, 1.82) is 0 Å². The first-order valence-electron chi connectivity index (χ1n) is 9.09. The third-order valence-corrected chi connectivity index (χ3v) is 5.43. The van der Waals surface area contributed by atoms with Crippen LogP contribution in [0.25, 0.3) is 11.3 Å². The largest absolute Gasteiger partial charge is 0.491 e. The predicted molar refractivity (Wildman–Crippen MR) is 118 cm³/mol. The Labute approximate surface area is 178 Å². The summed E-state index contributed by atoms with van der Waals surface area (Å²) in [6, 6.07) is 16.6. The lowest BCUT2D eigenvalue weighted by Crippen LogP contribution is -2.38. The average Bonchev–Trinajstić information content (AvgIpc) is 3.27. The molecule has 3 rings (SSSR count). The molecule has 29 heavy (non-hydrogen) atoms. The summed E-state index contributed by atoms with van der Waals surface area (Å²) in [5.74, 6) is 0.449. The van der Waals surface area contributed by atoms with Crippen LogP contribution < -0.4 is 15.5 Å². The minimum absolute atomic E-state index is 0.147. The minimum Gasteiger partial charge on any atom is -0.491 e. The second-order valence-electron chi connectivity index (χ2n) is 6.26. The second-order valence-corrected chi connectivity index (χ2v) is 7.53. The number of ether oxygens (including phenoxy) is 1. The number of nitrogens with zero attached hydrogens (tertiary/aromatic N) is 1. The Morgan fingerprint density at radius 1 is 1.21 bits per heavy atom. The van der Waals surface area contributed by atoms with Crippen molar-refractivity contribution in [2.45, 2.75) is 19.4 Å². The molecule has 0 aliphatic heterocycles. The van der Waals surface area contributed by atoms with Gasteiger partial charge in [0.05, 0.1) is 11.7 Å². The van der Waals surface area contributed by atoms with Crippen molar-refractivity contribution >= 4 is 34.5 Å². The van der Waals surface area contributed by atoms with Crippen LogP contribution in [0.1, 0.15) is 28.7 Å². The van der Waals surface area contributed by atoms with E-state index in [4.69, 9.17) is 22.2 Å². The van der Waals surface area contributed by atoms with Gasteiger partial charge >= 0.3 is 0 Å². The Bertz CT molecular complexity index is 959. The zero-order valence-electron chi connectivity index (χ0n) is 15.8. The van der Waals surface area contributed by atoms with Crippen LogP contribution in [0.2, 0.25) is 0 Å². The van der Waals surface area contributed by atoms with Crippen molar-refractivity contribution in [1.82, 2.24) is 15.8 Å². The molecule has 0 saturated heterocycles. The van der Waals surface area contributed by atoms with E-state index in [1.807, 2.05) is 48.1 Å². The molecule has 1 amide bonds. The third kappa shape index (κ3) is 5.60. The zero-order valence-corrected chi connectivity index (χ0v) is 17.4. The third-order valence-electron chi connectivity index (χ3n) is 4.27. The Kier molecular flexibility index (Phi) is 7.29. The van der Waals surface area contributed by atoms with E-state index in [9.17, 15) is 4.79 Å². The van der Waals surface area contributed by atoms with Crippen molar-refractivity contribution in [3.63, 3.8) is 0 Å². The first kappa shape index (κ1) is 20.9. The molecule has 8 heteroatoms. The van der Waals surface area contributed by atoms with Gasteiger partial charge in [0.15, 0.2) is 5.01 Å². The maximum Gasteiger partial charge on any atom is 0.280 e. The average molecular weight is 428 g/mol. The highest BCUT2D eigenvalue weighted by Gasteiger charge is 2.16. The Morgan fingerprint density at radius 3 is 2.59 bits per heavy atom. The summed E-state index contributed by atoms with van der Waals surface area (Å²) in [7, 11) is 0. The van der Waals surface area contributed by atoms with Crippen LogP contribution in [-0.2, 0) is 0 Å². The van der Waals surface area contributed by atoms with Crippen LogP contribution in [-0.4, -0.2) is 33.7 Å². The highest BCUT2D eigenvalue weighted by molar-refractivity contribution is 7.80. The molecule has 3 N–H and O–H groups in total. The number of rotatable bonds is 8. The Hall–Kier alpha value is -2.81. The first-order chi connectivity index (χ1) is 14.1. The number of carbonyl (C=O) groups is 1. The van der Waals surface area contributed by atoms with Gasteiger partial charge in [0, 0.05) is 16.5 Å². The molecule has 0 spiro atoms. The molecule has 0 aliphatic rings. The van der Waals surface area contributed by atoms with E-state index in [0.717, 1.165) is 17.7 Å². The van der Waals surface area contributed by atoms with Gasteiger partial charge in [-0.2, -0.15) is 0 Å². The molecule has 6 nitrogen and oxygen atoms in total. The number of hydrogen-bond acceptors (Lipinski definition) is 6. The number of nitrogens with one attached hydrogen (secondary N) is 2. The second kappa shape index (κ2) is 10.1. The molecule has 150 valence electrons. The van der Waals surface area contributed by atoms with Gasteiger partial charge in [-0.05, 0) is 30.7 Å². The van der Waals surface area contributed by atoms with Crippen LogP contribution in [0.15, 0.2) is 60.0 Å². The normalized spacial score (nSPS) is 11.5. The molecule has 0 bridgehead atoms. The summed E-state index contributed by atoms with van der Waals surface area (Å²) in [4.78, 5) is 17.3. The van der Waals surface area contributed by atoms with E-state index >= 15 is 0 Å². The van der Waals surface area contributed by atoms with Crippen molar-refractivity contribution < 1.29 is 14.7 Å². The molecule has 2 aromatic carbocycles. The fourth-order valence-corrected chi connectivity index (χ4v) is 3.46. The van der Waals surface area contributed by atoms with Crippen molar-refractivity contribution in [2.75, 3.05) is 6.61 Å². The lowest BCUT2D eigenvalue weighted by Gasteiger charge is -2.17. The van der Waals surface area contributed by atoms with E-state index < -0.39 is 0 Å². The smallest absolute Gasteiger partial charge is 0.280 e. The first-order valence-corrected chi connectivity index (χ1v) is 10.4. The molecule has 1 atom stereocenters. The van der Waals surface area contributed by atoms with Crippen molar-refractivity contribution in [3.8, 4) is 17.0 Å². The lowest BCUT2D eigenvalue weighted by atomic mass is 10.2. The molecule has 3 aromatic rings. The SMILES string of the molecule is CC[C@@H](COc1ccc(C(=S)NO)cc1)NC(=O)c1nc(-c2ccccc2)cs1. The number of thiocarbonyl (C=S) groups is 1. The van der Waals surface area contributed by atoms with Gasteiger partial charge in [-0.3, -0.25) is 15.5 Å². The number of hydrogen-bond donors (Lipinski definition) is 3. The topological polar surface area (TPSA) is 83.5 Å². The van der Waals surface area contributed by atoms with Crippen LogP contribution in [0.5, 0.6) is 5.75 Å². The quantitative estimate of drug-likeness (QED) is 0.372. The molecule has 0 saturated carbocycles. The predicted octanol–water partition coefficient (Wildman–Crippen LogP) is 4.05. The van der Waals surface area contributed by atoms with Gasteiger partial charge in [-0.15, -0.1) is 11.3 Å². The van der Waals surface area contributed by atoms with Crippen molar-refractivity contribution in [3.05, 3.63) is 70.5 Å². The molecule has 0 aliphatic carbocycles. The highest BCUT2D eigenvalue weighted by Crippen LogP contribution is 2.21. The monoisotopic (exact) mass is 427 g/mol. The zero-order chi connectivity index (χ0) is 20.6. The Balaban J connectivity index is 1.56. The lowest BCUT2D eigenvalue weighted by molar-refractivity contribution is 0.0920. The summed E-state index contributed by atoms with van der Waals surface area (Å²) in [5.41, 5.74) is 4.41. The van der Waals surface area contributed by atoms with E-state index in [1.54, 1.807) is 24.3 Å². The van der Waals surface area contributed by atoms with Crippen molar-refractivity contribution in [2.24, 2.45) is 0 Å². The fourth-order valence-electron chi connectivity index (χ4n) is 2.59. The molecule has 0 unspecified atom stereocenters. The summed E-state index contributed by atoms with van der Waals surface area (Å²) in [6.07, 6.45) is 0.721. The summed E-state index contributed by atoms with van der Waals surface area (Å²) >= 11 is 6.29. The maximum atomic E-state index is 12.6. The molecule has 1 heterocycles. The molecular weight excluding hydrogens is 406 g/mol. The number of thiazole rings is 1. The summed E-state index contributed by atoms with van der Waals surface area (Å²) in [5, 5.41) is 14.1. The van der Waals surface area contributed by atoms with E-state index in [2.05, 4.69) is 10.3 Å². The van der Waals surface area contributed by atoms with Crippen LogP contribution in [0.3, 0.4) is 0 Å². The molecule has 0 fully saturated rings. The van der Waals surface area contributed by atoms with Gasteiger partial charge in [0.25, 0.3) is 5.91 Å². The highest BCUT2D eigenvalue weighted by atomic mass is 32.1. The van der Waals surface area contributed by atoms with Crippen LogP contribution >= 0.6 is 23.6 Å². The maximum absolute atomic E-state index is 12.6. The van der Waals surface area contributed by atoms with E-state index in [-0.39, 0.29) is 16.9 Å². The standard InChI is InChI=1S/C21H21N3O3S2/c1-2-16(12-27-17-10-8-15(9-11-17)20(28)24-26)22-19(25)21-23-18(13-29-21)14-6-4-3-5-7-14/h3-11,13,16,26H,2,12H2,1H3,(H,22,25)(H,24,28)/t16-/m0/s1. The Morgan fingerprint density at radius 2 is 1.93 bits per heavy atom. The van der Waals surface area contributed by atoms with Crippen LogP contribution in [0, 0.1) is 0 Å². The number of hydroxylamine groups is 1. The summed E-state index contributed by atoms with van der Waals surface area (Å²) < 4.78 is 5.78. The van der Waals surface area contributed by atoms with Gasteiger partial charge < -0.3 is 10.1 Å². The molecular formula is C21H21N3O3S2. The van der Waals surface area contributed by atoms with Gasteiger partial charge in [-0.25, -0.2) is 4.98 Å². The number of amides is 1. The van der Waals surface area contributed by atoms with Gasteiger partial charge in [0.1, 0.15) is 17.3 Å². The fraction of sp³-hybridized carbons (Fsp3) is 0.190. The molecule has 0 radical (unpaired) electrons. The van der Waals surface area contributed by atoms with Gasteiger partial charge in [0.2, 0.25) is 0 Å². The summed E-state index contributed by atoms with van der Waals surface area (Å²) in [6.45, 7) is 2.32. The molecule has 1 aromatic heterocycles. The van der Waals surface area contributed by atoms with E-state index in [1.165, 1.54) is 11.3 Å². The van der Waals surface area contributed by atoms with E-state index in [0.29, 0.717) is 22.9 Å². The van der Waals surface area contributed by atoms with Crippen LogP contribution in [0.4, 0.5) is 0 Å². The minimum atomic E-state index is -0.206. The van der Waals surface area contributed by atoms with Gasteiger partial charge in [-0.1, -0.05) is 49.5 Å². The number of benzene rings is 2.